The second kappa shape index (κ2) is 5.59. The highest BCUT2D eigenvalue weighted by molar-refractivity contribution is 5.94. The molecule has 1 atom stereocenters. The number of pyridine rings is 1. The fraction of sp³-hybridized carbons (Fsp3) is 0.375. The molecule has 1 heterocycles. The predicted octanol–water partition coefficient (Wildman–Crippen LogP) is 2.37. The van der Waals surface area contributed by atoms with Gasteiger partial charge < -0.3 is 10.4 Å². The Morgan fingerprint density at radius 1 is 1.25 bits per heavy atom. The largest absolute Gasteiger partial charge is 0.391 e. The molecule has 2 N–H and O–H groups in total. The molecule has 0 fully saturated rings. The van der Waals surface area contributed by atoms with Gasteiger partial charge in [0, 0.05) is 11.9 Å². The van der Waals surface area contributed by atoms with E-state index < -0.39 is 6.10 Å². The summed E-state index contributed by atoms with van der Waals surface area (Å²) in [6.07, 6.45) is -0.591. The second-order valence-corrected chi connectivity index (χ2v) is 5.98. The van der Waals surface area contributed by atoms with E-state index in [-0.39, 0.29) is 17.9 Å². The number of aliphatic hydroxyl groups excluding tert-OH is 1. The average molecular weight is 272 g/mol. The van der Waals surface area contributed by atoms with Crippen LogP contribution in [0.4, 0.5) is 0 Å². The number of hydrogen-bond donors (Lipinski definition) is 2. The van der Waals surface area contributed by atoms with Gasteiger partial charge in [-0.05, 0) is 17.5 Å². The van der Waals surface area contributed by atoms with E-state index >= 15 is 0 Å². The summed E-state index contributed by atoms with van der Waals surface area (Å²) < 4.78 is 0. The zero-order chi connectivity index (χ0) is 14.8. The third-order valence-electron chi connectivity index (χ3n) is 3.29. The maximum absolute atomic E-state index is 12.0. The van der Waals surface area contributed by atoms with Crippen molar-refractivity contribution in [3.05, 3.63) is 42.1 Å². The van der Waals surface area contributed by atoms with Gasteiger partial charge in [-0.3, -0.25) is 4.79 Å². The molecule has 0 aliphatic heterocycles. The van der Waals surface area contributed by atoms with E-state index in [9.17, 15) is 9.90 Å². The van der Waals surface area contributed by atoms with Gasteiger partial charge in [0.05, 0.1) is 11.6 Å². The van der Waals surface area contributed by atoms with Gasteiger partial charge in [0.1, 0.15) is 5.69 Å². The first-order valence-electron chi connectivity index (χ1n) is 6.70. The molecule has 4 nitrogen and oxygen atoms in total. The Balaban J connectivity index is 2.08. The number of carbonyl (C=O) groups is 1. The number of para-hydroxylation sites is 1. The van der Waals surface area contributed by atoms with E-state index in [1.54, 1.807) is 6.07 Å². The molecule has 2 aromatic rings. The summed E-state index contributed by atoms with van der Waals surface area (Å²) in [6.45, 7) is 6.01. The molecule has 106 valence electrons. The Labute approximate surface area is 118 Å². The first kappa shape index (κ1) is 14.5. The standard InChI is InChI=1S/C16H20N2O2/c1-16(2,3)14(19)10-17-15(20)13-9-8-11-6-4-5-7-12(11)18-13/h4-9,14,19H,10H2,1-3H3,(H,17,20). The normalized spacial score (nSPS) is 13.2. The van der Waals surface area contributed by atoms with Crippen LogP contribution in [0.5, 0.6) is 0 Å². The number of fused-ring (bicyclic) bond motifs is 1. The maximum atomic E-state index is 12.0. The monoisotopic (exact) mass is 272 g/mol. The molecule has 1 unspecified atom stereocenters. The molecule has 0 aliphatic carbocycles. The zero-order valence-electron chi connectivity index (χ0n) is 12.1. The molecule has 4 heteroatoms. The smallest absolute Gasteiger partial charge is 0.269 e. The second-order valence-electron chi connectivity index (χ2n) is 5.98. The summed E-state index contributed by atoms with van der Waals surface area (Å²) in [5.41, 5.74) is 0.894. The lowest BCUT2D eigenvalue weighted by Gasteiger charge is -2.25. The number of amides is 1. The molecule has 1 aromatic heterocycles. The Hall–Kier alpha value is -1.94. The average Bonchev–Trinajstić information content (AvgIpc) is 2.42. The van der Waals surface area contributed by atoms with Crippen molar-refractivity contribution in [3.63, 3.8) is 0 Å². The van der Waals surface area contributed by atoms with Gasteiger partial charge in [-0.25, -0.2) is 4.98 Å². The number of carbonyl (C=O) groups excluding carboxylic acids is 1. The lowest BCUT2D eigenvalue weighted by Crippen LogP contribution is -2.39. The van der Waals surface area contributed by atoms with Gasteiger partial charge in [0.25, 0.3) is 5.91 Å². The Bertz CT molecular complexity index is 617. The SMILES string of the molecule is CC(C)(C)C(O)CNC(=O)c1ccc2ccccc2n1. The molecule has 1 aromatic carbocycles. The Morgan fingerprint density at radius 3 is 2.65 bits per heavy atom. The molecule has 20 heavy (non-hydrogen) atoms. The lowest BCUT2D eigenvalue weighted by atomic mass is 9.89. The summed E-state index contributed by atoms with van der Waals surface area (Å²) in [4.78, 5) is 16.4. The van der Waals surface area contributed by atoms with Crippen molar-refractivity contribution in [2.24, 2.45) is 5.41 Å². The molecule has 1 amide bonds. The summed E-state index contributed by atoms with van der Waals surface area (Å²) in [7, 11) is 0. The van der Waals surface area contributed by atoms with Crippen LogP contribution in [0.2, 0.25) is 0 Å². The highest BCUT2D eigenvalue weighted by Gasteiger charge is 2.22. The molecule has 0 saturated carbocycles. The van der Waals surface area contributed by atoms with Crippen molar-refractivity contribution >= 4 is 16.8 Å². The van der Waals surface area contributed by atoms with Crippen molar-refractivity contribution in [1.82, 2.24) is 10.3 Å². The minimum atomic E-state index is -0.591. The zero-order valence-corrected chi connectivity index (χ0v) is 12.1. The summed E-state index contributed by atoms with van der Waals surface area (Å²) in [6, 6.07) is 11.2. The third-order valence-corrected chi connectivity index (χ3v) is 3.29. The van der Waals surface area contributed by atoms with Crippen LogP contribution in [-0.2, 0) is 0 Å². The van der Waals surface area contributed by atoms with E-state index in [0.29, 0.717) is 5.69 Å². The molecule has 2 rings (SSSR count). The van der Waals surface area contributed by atoms with E-state index in [1.165, 1.54) is 0 Å². The van der Waals surface area contributed by atoms with Crippen molar-refractivity contribution < 1.29 is 9.90 Å². The molecular weight excluding hydrogens is 252 g/mol. The van der Waals surface area contributed by atoms with Crippen LogP contribution in [0.15, 0.2) is 36.4 Å². The number of rotatable bonds is 3. The molecule has 0 spiro atoms. The van der Waals surface area contributed by atoms with Crippen LogP contribution < -0.4 is 5.32 Å². The topological polar surface area (TPSA) is 62.2 Å². The van der Waals surface area contributed by atoms with E-state index in [2.05, 4.69) is 10.3 Å². The van der Waals surface area contributed by atoms with Crippen LogP contribution in [0, 0.1) is 5.41 Å². The van der Waals surface area contributed by atoms with Crippen LogP contribution in [0.1, 0.15) is 31.3 Å². The minimum absolute atomic E-state index is 0.219. The minimum Gasteiger partial charge on any atom is -0.391 e. The quantitative estimate of drug-likeness (QED) is 0.901. The number of benzene rings is 1. The third kappa shape index (κ3) is 3.33. The Kier molecular flexibility index (Phi) is 4.04. The molecule has 0 saturated heterocycles. The number of nitrogens with zero attached hydrogens (tertiary/aromatic N) is 1. The van der Waals surface area contributed by atoms with Gasteiger partial charge in [0.15, 0.2) is 0 Å². The van der Waals surface area contributed by atoms with E-state index in [1.807, 2.05) is 51.1 Å². The number of aromatic nitrogens is 1. The van der Waals surface area contributed by atoms with Crippen LogP contribution in [-0.4, -0.2) is 28.6 Å². The lowest BCUT2D eigenvalue weighted by molar-refractivity contribution is 0.0585. The van der Waals surface area contributed by atoms with Crippen LogP contribution >= 0.6 is 0 Å². The fourth-order valence-corrected chi connectivity index (χ4v) is 1.78. The van der Waals surface area contributed by atoms with Gasteiger partial charge in [0.2, 0.25) is 0 Å². The van der Waals surface area contributed by atoms with E-state index in [0.717, 1.165) is 10.9 Å². The van der Waals surface area contributed by atoms with Gasteiger partial charge in [-0.15, -0.1) is 0 Å². The van der Waals surface area contributed by atoms with E-state index in [4.69, 9.17) is 0 Å². The first-order valence-corrected chi connectivity index (χ1v) is 6.70. The van der Waals surface area contributed by atoms with Gasteiger partial charge in [-0.1, -0.05) is 45.0 Å². The fourth-order valence-electron chi connectivity index (χ4n) is 1.78. The summed E-state index contributed by atoms with van der Waals surface area (Å²) in [5.74, 6) is -0.265. The molecule has 0 radical (unpaired) electrons. The van der Waals surface area contributed by atoms with Crippen LogP contribution in [0.25, 0.3) is 10.9 Å². The van der Waals surface area contributed by atoms with Crippen molar-refractivity contribution in [2.75, 3.05) is 6.54 Å². The highest BCUT2D eigenvalue weighted by Crippen LogP contribution is 2.18. The molecule has 0 bridgehead atoms. The number of hydrogen-bond acceptors (Lipinski definition) is 3. The number of aliphatic hydroxyl groups is 1. The molecule has 0 aliphatic rings. The van der Waals surface area contributed by atoms with Crippen molar-refractivity contribution in [3.8, 4) is 0 Å². The number of nitrogens with one attached hydrogen (secondary N) is 1. The van der Waals surface area contributed by atoms with Crippen LogP contribution in [0.3, 0.4) is 0 Å². The predicted molar refractivity (Wildman–Crippen MR) is 79.5 cm³/mol. The maximum Gasteiger partial charge on any atom is 0.269 e. The van der Waals surface area contributed by atoms with Gasteiger partial charge in [-0.2, -0.15) is 0 Å². The highest BCUT2D eigenvalue weighted by atomic mass is 16.3. The van der Waals surface area contributed by atoms with Crippen molar-refractivity contribution in [2.45, 2.75) is 26.9 Å². The summed E-state index contributed by atoms with van der Waals surface area (Å²) >= 11 is 0. The van der Waals surface area contributed by atoms with Crippen molar-refractivity contribution in [1.29, 1.82) is 0 Å². The Morgan fingerprint density at radius 2 is 1.95 bits per heavy atom. The summed E-state index contributed by atoms with van der Waals surface area (Å²) in [5, 5.41) is 13.6. The first-order chi connectivity index (χ1) is 9.38. The molecular formula is C16H20N2O2. The van der Waals surface area contributed by atoms with Gasteiger partial charge >= 0.3 is 0 Å².